The van der Waals surface area contributed by atoms with Crippen LogP contribution in [-0.4, -0.2) is 17.9 Å². The Balaban J connectivity index is 2.45. The number of halogens is 1. The lowest BCUT2D eigenvalue weighted by atomic mass is 9.93. The van der Waals surface area contributed by atoms with E-state index in [0.29, 0.717) is 6.42 Å². The van der Waals surface area contributed by atoms with Crippen LogP contribution in [0.2, 0.25) is 0 Å². The van der Waals surface area contributed by atoms with Gasteiger partial charge in [0.15, 0.2) is 11.5 Å². The van der Waals surface area contributed by atoms with Crippen LogP contribution in [0.25, 0.3) is 0 Å². The second-order valence-corrected chi connectivity index (χ2v) is 5.40. The van der Waals surface area contributed by atoms with Gasteiger partial charge in [-0.2, -0.15) is 0 Å². The molecule has 1 heterocycles. The van der Waals surface area contributed by atoms with Crippen molar-refractivity contribution in [3.05, 3.63) is 21.7 Å². The summed E-state index contributed by atoms with van der Waals surface area (Å²) in [5, 5.41) is 8.80. The molecule has 0 unspecified atom stereocenters. The highest BCUT2D eigenvalue weighted by molar-refractivity contribution is 9.10. The normalized spacial score (nSPS) is 13.1. The first kappa shape index (κ1) is 13.2. The maximum absolute atomic E-state index is 10.7. The van der Waals surface area contributed by atoms with Gasteiger partial charge in [0, 0.05) is 12.0 Å². The maximum atomic E-state index is 10.7. The second kappa shape index (κ2) is 5.18. The number of carboxylic acid groups (broad SMARTS) is 1. The molecule has 5 heteroatoms. The summed E-state index contributed by atoms with van der Waals surface area (Å²) < 4.78 is 11.8. The molecule has 0 amide bonds. The number of hydrogen-bond acceptors (Lipinski definition) is 3. The molecule has 1 aromatic rings. The molecule has 1 aliphatic heterocycles. The van der Waals surface area contributed by atoms with E-state index in [9.17, 15) is 4.79 Å². The van der Waals surface area contributed by atoms with E-state index in [4.69, 9.17) is 14.6 Å². The van der Waals surface area contributed by atoms with Crippen LogP contribution < -0.4 is 9.47 Å². The van der Waals surface area contributed by atoms with Crippen molar-refractivity contribution < 1.29 is 19.4 Å². The largest absolute Gasteiger partial charge is 0.481 e. The Bertz CT molecular complexity index is 482. The smallest absolute Gasteiger partial charge is 0.303 e. The number of aliphatic carboxylic acids is 1. The fourth-order valence-electron chi connectivity index (χ4n) is 2.18. The quantitative estimate of drug-likeness (QED) is 0.926. The average molecular weight is 315 g/mol. The van der Waals surface area contributed by atoms with Crippen molar-refractivity contribution in [1.82, 2.24) is 0 Å². The third-order valence-electron chi connectivity index (χ3n) is 2.91. The minimum Gasteiger partial charge on any atom is -0.481 e. The summed E-state index contributed by atoms with van der Waals surface area (Å²) in [6, 6.07) is 1.94. The van der Waals surface area contributed by atoms with Crippen LogP contribution in [0, 0.1) is 0 Å². The van der Waals surface area contributed by atoms with Crippen LogP contribution in [0.3, 0.4) is 0 Å². The Hall–Kier alpha value is -1.23. The molecule has 0 atom stereocenters. The molecule has 0 bridgehead atoms. The molecule has 0 saturated heterocycles. The summed E-state index contributed by atoms with van der Waals surface area (Å²) in [5.41, 5.74) is 2.05. The number of carboxylic acids is 1. The fraction of sp³-hybridized carbons (Fsp3) is 0.462. The van der Waals surface area contributed by atoms with Crippen molar-refractivity contribution in [3.63, 3.8) is 0 Å². The molecule has 0 aliphatic carbocycles. The SMILES string of the molecule is CC(C)c1c(CCC(=O)O)cc(Br)c2c1OCO2. The van der Waals surface area contributed by atoms with Crippen LogP contribution >= 0.6 is 15.9 Å². The molecule has 1 aliphatic rings. The van der Waals surface area contributed by atoms with Gasteiger partial charge in [-0.25, -0.2) is 0 Å². The maximum Gasteiger partial charge on any atom is 0.303 e. The predicted molar refractivity (Wildman–Crippen MR) is 70.3 cm³/mol. The Labute approximate surface area is 114 Å². The van der Waals surface area contributed by atoms with Crippen molar-refractivity contribution in [3.8, 4) is 11.5 Å². The number of benzene rings is 1. The van der Waals surface area contributed by atoms with Gasteiger partial charge in [0.25, 0.3) is 0 Å². The number of fused-ring (bicyclic) bond motifs is 1. The average Bonchev–Trinajstić information content (AvgIpc) is 2.74. The second-order valence-electron chi connectivity index (χ2n) is 4.54. The molecule has 0 spiro atoms. The zero-order valence-electron chi connectivity index (χ0n) is 10.3. The highest BCUT2D eigenvalue weighted by Crippen LogP contribution is 2.46. The molecule has 0 aromatic heterocycles. The lowest BCUT2D eigenvalue weighted by Gasteiger charge is -2.16. The number of hydrogen-bond donors (Lipinski definition) is 1. The van der Waals surface area contributed by atoms with Gasteiger partial charge in [0.1, 0.15) is 0 Å². The van der Waals surface area contributed by atoms with E-state index >= 15 is 0 Å². The van der Waals surface area contributed by atoms with E-state index in [1.807, 2.05) is 6.07 Å². The van der Waals surface area contributed by atoms with Gasteiger partial charge in [-0.3, -0.25) is 4.79 Å². The standard InChI is InChI=1S/C13H15BrO4/c1-7(2)11-8(3-4-10(15)16)5-9(14)12-13(11)18-6-17-12/h5,7H,3-4,6H2,1-2H3,(H,15,16). The lowest BCUT2D eigenvalue weighted by molar-refractivity contribution is -0.136. The van der Waals surface area contributed by atoms with Gasteiger partial charge in [-0.15, -0.1) is 0 Å². The topological polar surface area (TPSA) is 55.8 Å². The molecule has 4 nitrogen and oxygen atoms in total. The third kappa shape index (κ3) is 2.46. The number of aryl methyl sites for hydroxylation is 1. The van der Waals surface area contributed by atoms with Crippen molar-refractivity contribution in [2.45, 2.75) is 32.6 Å². The summed E-state index contributed by atoms with van der Waals surface area (Å²) in [6.45, 7) is 4.35. The predicted octanol–water partition coefficient (Wildman–Crippen LogP) is 3.32. The van der Waals surface area contributed by atoms with Crippen molar-refractivity contribution >= 4 is 21.9 Å². The number of ether oxygens (including phenoxy) is 2. The van der Waals surface area contributed by atoms with E-state index in [0.717, 1.165) is 27.1 Å². The number of carbonyl (C=O) groups is 1. The Morgan fingerprint density at radius 2 is 2.11 bits per heavy atom. The van der Waals surface area contributed by atoms with Crippen LogP contribution in [0.15, 0.2) is 10.5 Å². The van der Waals surface area contributed by atoms with Crippen molar-refractivity contribution in [2.75, 3.05) is 6.79 Å². The van der Waals surface area contributed by atoms with Crippen LogP contribution in [0.5, 0.6) is 11.5 Å². The third-order valence-corrected chi connectivity index (χ3v) is 3.50. The van der Waals surface area contributed by atoms with Gasteiger partial charge >= 0.3 is 5.97 Å². The summed E-state index contributed by atoms with van der Waals surface area (Å²) in [7, 11) is 0. The Kier molecular flexibility index (Phi) is 3.80. The Morgan fingerprint density at radius 3 is 2.72 bits per heavy atom. The molecular weight excluding hydrogens is 300 g/mol. The first-order valence-corrected chi connectivity index (χ1v) is 6.62. The first-order valence-electron chi connectivity index (χ1n) is 5.83. The van der Waals surface area contributed by atoms with Gasteiger partial charge in [-0.05, 0) is 39.9 Å². The van der Waals surface area contributed by atoms with Gasteiger partial charge in [-0.1, -0.05) is 13.8 Å². The molecule has 1 aromatic carbocycles. The van der Waals surface area contributed by atoms with Crippen LogP contribution in [0.4, 0.5) is 0 Å². The van der Waals surface area contributed by atoms with Crippen molar-refractivity contribution in [2.24, 2.45) is 0 Å². The molecule has 98 valence electrons. The van der Waals surface area contributed by atoms with E-state index in [1.165, 1.54) is 0 Å². The molecule has 0 fully saturated rings. The van der Waals surface area contributed by atoms with Crippen LogP contribution in [0.1, 0.15) is 37.3 Å². The van der Waals surface area contributed by atoms with E-state index in [1.54, 1.807) is 0 Å². The Morgan fingerprint density at radius 1 is 1.44 bits per heavy atom. The highest BCUT2D eigenvalue weighted by Gasteiger charge is 2.25. The molecular formula is C13H15BrO4. The van der Waals surface area contributed by atoms with Gasteiger partial charge in [0.2, 0.25) is 6.79 Å². The minimum atomic E-state index is -0.793. The number of rotatable bonds is 4. The van der Waals surface area contributed by atoms with Gasteiger partial charge in [0.05, 0.1) is 4.47 Å². The lowest BCUT2D eigenvalue weighted by Crippen LogP contribution is -2.03. The highest BCUT2D eigenvalue weighted by atomic mass is 79.9. The summed E-state index contributed by atoms with van der Waals surface area (Å²) in [5.74, 6) is 0.938. The summed E-state index contributed by atoms with van der Waals surface area (Å²) >= 11 is 3.44. The van der Waals surface area contributed by atoms with E-state index in [-0.39, 0.29) is 19.1 Å². The van der Waals surface area contributed by atoms with Crippen LogP contribution in [-0.2, 0) is 11.2 Å². The summed E-state index contributed by atoms with van der Waals surface area (Å²) in [6.07, 6.45) is 0.615. The molecule has 2 rings (SSSR count). The fourth-order valence-corrected chi connectivity index (χ4v) is 2.75. The van der Waals surface area contributed by atoms with E-state index in [2.05, 4.69) is 29.8 Å². The van der Waals surface area contributed by atoms with Crippen molar-refractivity contribution in [1.29, 1.82) is 0 Å². The summed E-state index contributed by atoms with van der Waals surface area (Å²) in [4.78, 5) is 10.7. The minimum absolute atomic E-state index is 0.117. The first-order chi connectivity index (χ1) is 8.50. The zero-order valence-corrected chi connectivity index (χ0v) is 11.9. The molecule has 1 N–H and O–H groups in total. The van der Waals surface area contributed by atoms with Gasteiger partial charge < -0.3 is 14.6 Å². The van der Waals surface area contributed by atoms with E-state index < -0.39 is 5.97 Å². The monoisotopic (exact) mass is 314 g/mol. The zero-order chi connectivity index (χ0) is 13.3. The molecule has 18 heavy (non-hydrogen) atoms. The molecule has 0 saturated carbocycles. The molecule has 0 radical (unpaired) electrons.